The van der Waals surface area contributed by atoms with Crippen molar-refractivity contribution in [1.82, 2.24) is 0 Å². The number of carboxylic acids is 1. The molecule has 0 aliphatic carbocycles. The summed E-state index contributed by atoms with van der Waals surface area (Å²) in [6.45, 7) is 10.4. The van der Waals surface area contributed by atoms with Gasteiger partial charge in [-0.05, 0) is 60.1 Å². The number of hydrogen-bond donors (Lipinski definition) is 1. The SMILES string of the molecule is C=CN(c1ccccc1C)c1cc(N([CH2-])c2ccccc2)c([S-])cc1-c1ccc(F)c(C(=O)O)c1.CCCC.[K+]. The first-order valence-corrected chi connectivity index (χ1v) is 13.2. The number of nitrogens with zero attached hydrogens (tertiary/aromatic N) is 2. The third-order valence-electron chi connectivity index (χ3n) is 6.26. The molecule has 40 heavy (non-hydrogen) atoms. The minimum Gasteiger partial charge on any atom is -0.778 e. The Morgan fingerprint density at radius 1 is 0.950 bits per heavy atom. The van der Waals surface area contributed by atoms with Gasteiger partial charge in [0.2, 0.25) is 0 Å². The maximum absolute atomic E-state index is 14.2. The molecule has 4 nitrogen and oxygen atoms in total. The minimum absolute atomic E-state index is 0. The Hall–Kier alpha value is -2.52. The standard InChI is InChI=1S/C29H24FN2O2S.C4H10.K/c1-4-32(25-13-9-8-10-19(25)2)26-18-27(31(3)21-11-6-5-7-12-21)28(35)17-22(26)20-14-15-24(30)23(16-20)29(33)34;1-3-4-2;/h4-18,35H,1,3H2,2H3,(H,33,34);3-4H2,1-2H3;/q-1;;+1/p-1. The second-order valence-corrected chi connectivity index (χ2v) is 9.38. The zero-order valence-corrected chi connectivity index (χ0v) is 27.5. The Balaban J connectivity index is 0.00000105. The number of anilines is 4. The van der Waals surface area contributed by atoms with Gasteiger partial charge in [0.25, 0.3) is 0 Å². The number of aromatic carboxylic acids is 1. The van der Waals surface area contributed by atoms with Gasteiger partial charge >= 0.3 is 57.4 Å². The largest absolute Gasteiger partial charge is 1.00 e. The number of halogens is 1. The van der Waals surface area contributed by atoms with E-state index in [1.165, 1.54) is 18.9 Å². The summed E-state index contributed by atoms with van der Waals surface area (Å²) in [5.41, 5.74) is 4.90. The molecule has 0 saturated heterocycles. The normalized spacial score (nSPS) is 10.0. The van der Waals surface area contributed by atoms with Crippen LogP contribution in [-0.2, 0) is 12.6 Å². The van der Waals surface area contributed by atoms with E-state index >= 15 is 0 Å². The van der Waals surface area contributed by atoms with Crippen molar-refractivity contribution < 1.29 is 65.7 Å². The van der Waals surface area contributed by atoms with Crippen molar-refractivity contribution in [2.75, 3.05) is 9.80 Å². The molecule has 4 aromatic carbocycles. The fraction of sp³-hybridized carbons (Fsp3) is 0.152. The zero-order valence-electron chi connectivity index (χ0n) is 23.5. The Kier molecular flexibility index (Phi) is 13.5. The van der Waals surface area contributed by atoms with Gasteiger partial charge in [-0.1, -0.05) is 81.8 Å². The van der Waals surface area contributed by atoms with E-state index in [2.05, 4.69) is 27.5 Å². The summed E-state index contributed by atoms with van der Waals surface area (Å²) in [6.07, 6.45) is 4.32. The fourth-order valence-electron chi connectivity index (χ4n) is 3.96. The number of rotatable bonds is 8. The number of aryl methyl sites for hydroxylation is 1. The van der Waals surface area contributed by atoms with Crippen molar-refractivity contribution in [2.24, 2.45) is 0 Å². The van der Waals surface area contributed by atoms with Crippen LogP contribution in [0.4, 0.5) is 27.1 Å². The Morgan fingerprint density at radius 2 is 1.57 bits per heavy atom. The molecule has 0 heterocycles. The van der Waals surface area contributed by atoms with Crippen LogP contribution in [0.25, 0.3) is 11.1 Å². The molecule has 4 rings (SSSR count). The molecule has 7 heteroatoms. The van der Waals surface area contributed by atoms with Crippen LogP contribution in [0.3, 0.4) is 0 Å². The van der Waals surface area contributed by atoms with E-state index in [1.54, 1.807) is 23.2 Å². The zero-order chi connectivity index (χ0) is 28.5. The molecular weight excluding hydrogens is 547 g/mol. The van der Waals surface area contributed by atoms with Crippen LogP contribution >= 0.6 is 0 Å². The predicted octanol–water partition coefficient (Wildman–Crippen LogP) is 6.43. The number of carboxylic acid groups (broad SMARTS) is 1. The average Bonchev–Trinajstić information content (AvgIpc) is 2.95. The van der Waals surface area contributed by atoms with Gasteiger partial charge in [0.05, 0.1) is 11.3 Å². The van der Waals surface area contributed by atoms with Crippen LogP contribution in [-0.4, -0.2) is 11.1 Å². The van der Waals surface area contributed by atoms with Gasteiger partial charge < -0.3 is 27.5 Å². The summed E-state index contributed by atoms with van der Waals surface area (Å²) in [5, 5.41) is 9.47. The maximum atomic E-state index is 14.2. The van der Waals surface area contributed by atoms with Gasteiger partial charge in [-0.3, -0.25) is 7.05 Å². The number of unbranched alkanes of at least 4 members (excludes halogenated alkanes) is 1. The third-order valence-corrected chi connectivity index (χ3v) is 6.59. The molecule has 0 amide bonds. The number of para-hydroxylation sites is 2. The second-order valence-electron chi connectivity index (χ2n) is 8.94. The quantitative estimate of drug-likeness (QED) is 0.148. The molecule has 202 valence electrons. The van der Waals surface area contributed by atoms with Gasteiger partial charge in [0, 0.05) is 23.1 Å². The second kappa shape index (κ2) is 16.1. The molecule has 0 unspecified atom stereocenters. The van der Waals surface area contributed by atoms with E-state index in [4.69, 9.17) is 12.6 Å². The van der Waals surface area contributed by atoms with Crippen molar-refractivity contribution in [3.8, 4) is 11.1 Å². The molecule has 0 saturated carbocycles. The van der Waals surface area contributed by atoms with Crippen LogP contribution in [0.15, 0.2) is 103 Å². The van der Waals surface area contributed by atoms with Gasteiger partial charge in [0.15, 0.2) is 0 Å². The van der Waals surface area contributed by atoms with Gasteiger partial charge in [0.1, 0.15) is 5.82 Å². The molecule has 0 aliphatic rings. The topological polar surface area (TPSA) is 43.8 Å². The van der Waals surface area contributed by atoms with Crippen molar-refractivity contribution >= 4 is 41.3 Å². The summed E-state index contributed by atoms with van der Waals surface area (Å²) in [5.74, 6) is -2.14. The van der Waals surface area contributed by atoms with E-state index in [0.29, 0.717) is 27.4 Å². The summed E-state index contributed by atoms with van der Waals surface area (Å²) < 4.78 is 14.2. The molecule has 1 N–H and O–H groups in total. The fourth-order valence-corrected chi connectivity index (χ4v) is 4.25. The van der Waals surface area contributed by atoms with Crippen molar-refractivity contribution in [1.29, 1.82) is 0 Å². The smallest absolute Gasteiger partial charge is 0.778 e. The van der Waals surface area contributed by atoms with E-state index in [0.717, 1.165) is 23.0 Å². The van der Waals surface area contributed by atoms with E-state index < -0.39 is 17.3 Å². The Morgan fingerprint density at radius 3 is 2.15 bits per heavy atom. The summed E-state index contributed by atoms with van der Waals surface area (Å²) in [4.78, 5) is 15.8. The van der Waals surface area contributed by atoms with Crippen molar-refractivity contribution in [3.63, 3.8) is 0 Å². The summed E-state index contributed by atoms with van der Waals surface area (Å²) in [6, 6.07) is 25.2. The molecule has 0 atom stereocenters. The molecule has 4 aromatic rings. The molecule has 0 aliphatic heterocycles. The molecular formula is C33H33FKN2O2S-. The van der Waals surface area contributed by atoms with E-state index in [1.807, 2.05) is 72.5 Å². The monoisotopic (exact) mass is 579 g/mol. The van der Waals surface area contributed by atoms with Crippen molar-refractivity contribution in [3.05, 3.63) is 122 Å². The molecule has 0 spiro atoms. The summed E-state index contributed by atoms with van der Waals surface area (Å²) >= 11 is 5.73. The molecule has 0 fully saturated rings. The number of benzene rings is 4. The van der Waals surface area contributed by atoms with E-state index in [9.17, 15) is 14.3 Å². The first-order chi connectivity index (χ1) is 18.7. The van der Waals surface area contributed by atoms with Crippen LogP contribution < -0.4 is 61.2 Å². The van der Waals surface area contributed by atoms with Gasteiger partial charge in [-0.15, -0.1) is 0 Å². The molecule has 0 radical (unpaired) electrons. The van der Waals surface area contributed by atoms with Crippen LogP contribution in [0, 0.1) is 19.8 Å². The van der Waals surface area contributed by atoms with Gasteiger partial charge in [-0.2, -0.15) is 4.90 Å². The molecule has 0 aromatic heterocycles. The molecule has 0 bridgehead atoms. The van der Waals surface area contributed by atoms with Crippen LogP contribution in [0.5, 0.6) is 0 Å². The number of hydrogen-bond acceptors (Lipinski definition) is 4. The Bertz CT molecular complexity index is 1440. The number of carbonyl (C=O) groups is 1. The van der Waals surface area contributed by atoms with Gasteiger partial charge in [-0.25, -0.2) is 9.18 Å². The van der Waals surface area contributed by atoms with E-state index in [-0.39, 0.29) is 51.4 Å². The van der Waals surface area contributed by atoms with Crippen LogP contribution in [0.2, 0.25) is 0 Å². The Labute approximate surface area is 285 Å². The third kappa shape index (κ3) is 8.03. The summed E-state index contributed by atoms with van der Waals surface area (Å²) in [7, 11) is 4.20. The first kappa shape index (κ1) is 33.7. The predicted molar refractivity (Wildman–Crippen MR) is 162 cm³/mol. The van der Waals surface area contributed by atoms with Crippen LogP contribution in [0.1, 0.15) is 42.6 Å². The maximum Gasteiger partial charge on any atom is 1.00 e. The first-order valence-electron chi connectivity index (χ1n) is 12.7. The average molecular weight is 580 g/mol. The minimum atomic E-state index is -1.34. The van der Waals surface area contributed by atoms with Crippen molar-refractivity contribution in [2.45, 2.75) is 38.5 Å².